The average molecular weight is 293 g/mol. The Morgan fingerprint density at radius 3 is 2.74 bits per heavy atom. The molecule has 0 spiro atoms. The molecule has 3 rings (SSSR count). The van der Waals surface area contributed by atoms with E-state index < -0.39 is 11.2 Å². The Morgan fingerprint density at radius 2 is 2.11 bits per heavy atom. The number of hydrogen-bond acceptors (Lipinski definition) is 5. The lowest BCUT2D eigenvalue weighted by molar-refractivity contribution is -0.138. The summed E-state index contributed by atoms with van der Waals surface area (Å²) in [4.78, 5) is 0. The summed E-state index contributed by atoms with van der Waals surface area (Å²) in [5, 5.41) is 9.18. The van der Waals surface area contributed by atoms with Crippen LogP contribution in [-0.4, -0.2) is 29.0 Å². The van der Waals surface area contributed by atoms with Crippen molar-refractivity contribution in [3.63, 3.8) is 0 Å². The minimum atomic E-state index is -4.42. The molecule has 0 bridgehead atoms. The van der Waals surface area contributed by atoms with Crippen molar-refractivity contribution in [2.45, 2.75) is 38.6 Å². The number of fused-ring (bicyclic) bond motifs is 1. The standard InChI is InChI=1S/C11H14F3N3OS/c1-10(2)6(5-3-4-18-7(5)10)15-9-17-16-8(19-9)11(12,13)14/h5-7H,3-4H2,1-2H3,(H,15,17). The fraction of sp³-hybridized carbons (Fsp3) is 0.818. The van der Waals surface area contributed by atoms with Crippen LogP contribution in [-0.2, 0) is 10.9 Å². The van der Waals surface area contributed by atoms with Gasteiger partial charge in [0, 0.05) is 24.0 Å². The Hall–Kier alpha value is -0.890. The second kappa shape index (κ2) is 4.05. The molecule has 19 heavy (non-hydrogen) atoms. The molecule has 8 heteroatoms. The van der Waals surface area contributed by atoms with Gasteiger partial charge >= 0.3 is 6.18 Å². The van der Waals surface area contributed by atoms with E-state index in [1.807, 2.05) is 0 Å². The van der Waals surface area contributed by atoms with Crippen molar-refractivity contribution >= 4 is 16.5 Å². The lowest BCUT2D eigenvalue weighted by Gasteiger charge is -2.54. The van der Waals surface area contributed by atoms with E-state index in [4.69, 9.17) is 4.74 Å². The summed E-state index contributed by atoms with van der Waals surface area (Å²) < 4.78 is 43.0. The Balaban J connectivity index is 1.74. The molecule has 2 heterocycles. The second-order valence-corrected chi connectivity index (χ2v) is 6.57. The number of ether oxygens (including phenoxy) is 1. The monoisotopic (exact) mass is 293 g/mol. The highest BCUT2D eigenvalue weighted by Gasteiger charge is 2.59. The molecule has 1 aromatic rings. The normalized spacial score (nSPS) is 32.8. The van der Waals surface area contributed by atoms with Crippen molar-refractivity contribution in [2.75, 3.05) is 11.9 Å². The van der Waals surface area contributed by atoms with Gasteiger partial charge in [0.15, 0.2) is 0 Å². The summed E-state index contributed by atoms with van der Waals surface area (Å²) in [6.07, 6.45) is -3.29. The first-order chi connectivity index (χ1) is 8.80. The van der Waals surface area contributed by atoms with Crippen molar-refractivity contribution in [3.8, 4) is 0 Å². The van der Waals surface area contributed by atoms with E-state index in [1.165, 1.54) is 0 Å². The molecule has 1 aromatic heterocycles. The third kappa shape index (κ3) is 2.01. The van der Waals surface area contributed by atoms with Crippen LogP contribution in [0.4, 0.5) is 18.3 Å². The molecule has 3 atom stereocenters. The molecule has 0 amide bonds. The van der Waals surface area contributed by atoms with E-state index in [1.54, 1.807) is 0 Å². The van der Waals surface area contributed by atoms with Crippen LogP contribution in [0.5, 0.6) is 0 Å². The lowest BCUT2D eigenvalue weighted by atomic mass is 9.57. The van der Waals surface area contributed by atoms with Gasteiger partial charge in [0.25, 0.3) is 0 Å². The Labute approximate surface area is 112 Å². The highest BCUT2D eigenvalue weighted by atomic mass is 32.1. The van der Waals surface area contributed by atoms with Crippen molar-refractivity contribution in [2.24, 2.45) is 11.3 Å². The highest BCUT2D eigenvalue weighted by molar-refractivity contribution is 7.15. The largest absolute Gasteiger partial charge is 0.445 e. The number of nitrogens with zero attached hydrogens (tertiary/aromatic N) is 2. The van der Waals surface area contributed by atoms with Gasteiger partial charge < -0.3 is 10.1 Å². The molecule has 0 aromatic carbocycles. The van der Waals surface area contributed by atoms with Gasteiger partial charge in [0.1, 0.15) is 0 Å². The molecule has 1 saturated carbocycles. The van der Waals surface area contributed by atoms with Gasteiger partial charge in [-0.1, -0.05) is 25.2 Å². The fourth-order valence-corrected chi connectivity index (χ4v) is 3.79. The summed E-state index contributed by atoms with van der Waals surface area (Å²) in [7, 11) is 0. The van der Waals surface area contributed by atoms with E-state index in [-0.39, 0.29) is 22.7 Å². The highest BCUT2D eigenvalue weighted by Crippen LogP contribution is 2.53. The molecule has 4 nitrogen and oxygen atoms in total. The number of nitrogens with one attached hydrogen (secondary N) is 1. The smallest absolute Gasteiger partial charge is 0.377 e. The fourth-order valence-electron chi connectivity index (χ4n) is 3.15. The minimum Gasteiger partial charge on any atom is -0.377 e. The maximum absolute atomic E-state index is 12.5. The van der Waals surface area contributed by atoms with Gasteiger partial charge in [0.2, 0.25) is 10.1 Å². The first kappa shape index (κ1) is 13.1. The molecular weight excluding hydrogens is 279 g/mol. The predicted molar refractivity (Wildman–Crippen MR) is 63.9 cm³/mol. The van der Waals surface area contributed by atoms with Gasteiger partial charge in [-0.2, -0.15) is 13.2 Å². The van der Waals surface area contributed by atoms with Crippen LogP contribution in [0.25, 0.3) is 0 Å². The van der Waals surface area contributed by atoms with Crippen LogP contribution in [0, 0.1) is 11.3 Å². The molecule has 106 valence electrons. The summed E-state index contributed by atoms with van der Waals surface area (Å²) >= 11 is 0.553. The van der Waals surface area contributed by atoms with Crippen molar-refractivity contribution in [1.29, 1.82) is 0 Å². The summed E-state index contributed by atoms with van der Waals surface area (Å²) in [6.45, 7) is 4.84. The Morgan fingerprint density at radius 1 is 1.37 bits per heavy atom. The number of alkyl halides is 3. The van der Waals surface area contributed by atoms with Crippen LogP contribution in [0.15, 0.2) is 0 Å². The number of halogens is 3. The first-order valence-electron chi connectivity index (χ1n) is 6.09. The maximum Gasteiger partial charge on any atom is 0.445 e. The van der Waals surface area contributed by atoms with E-state index in [2.05, 4.69) is 29.4 Å². The SMILES string of the molecule is CC1(C)C(Nc2nnc(C(F)(F)F)s2)C2CCOC21. The summed E-state index contributed by atoms with van der Waals surface area (Å²) in [5.41, 5.74) is -0.0920. The van der Waals surface area contributed by atoms with Crippen LogP contribution in [0.1, 0.15) is 25.3 Å². The second-order valence-electron chi connectivity index (χ2n) is 5.60. The molecule has 2 aliphatic rings. The van der Waals surface area contributed by atoms with Crippen molar-refractivity contribution in [3.05, 3.63) is 5.01 Å². The van der Waals surface area contributed by atoms with Gasteiger partial charge in [-0.3, -0.25) is 0 Å². The average Bonchev–Trinajstić information content (AvgIpc) is 2.93. The van der Waals surface area contributed by atoms with E-state index in [0.717, 1.165) is 13.0 Å². The quantitative estimate of drug-likeness (QED) is 0.911. The molecule has 1 saturated heterocycles. The lowest BCUT2D eigenvalue weighted by Crippen LogP contribution is -2.63. The van der Waals surface area contributed by atoms with E-state index >= 15 is 0 Å². The third-order valence-electron chi connectivity index (χ3n) is 4.05. The minimum absolute atomic E-state index is 0.0917. The zero-order chi connectivity index (χ0) is 13.8. The summed E-state index contributed by atoms with van der Waals surface area (Å²) in [6, 6.07) is 0.0917. The number of aromatic nitrogens is 2. The van der Waals surface area contributed by atoms with Crippen molar-refractivity contribution in [1.82, 2.24) is 10.2 Å². The van der Waals surface area contributed by atoms with Crippen molar-refractivity contribution < 1.29 is 17.9 Å². The van der Waals surface area contributed by atoms with Crippen LogP contribution >= 0.6 is 11.3 Å². The van der Waals surface area contributed by atoms with Gasteiger partial charge in [0.05, 0.1) is 6.10 Å². The Bertz CT molecular complexity index is 488. The predicted octanol–water partition coefficient (Wildman–Crippen LogP) is 2.78. The zero-order valence-electron chi connectivity index (χ0n) is 10.5. The molecule has 3 unspecified atom stereocenters. The Kier molecular flexibility index (Phi) is 2.79. The van der Waals surface area contributed by atoms with Crippen LogP contribution in [0.3, 0.4) is 0 Å². The van der Waals surface area contributed by atoms with Crippen LogP contribution in [0.2, 0.25) is 0 Å². The maximum atomic E-state index is 12.5. The third-order valence-corrected chi connectivity index (χ3v) is 4.95. The first-order valence-corrected chi connectivity index (χ1v) is 6.90. The summed E-state index contributed by atoms with van der Waals surface area (Å²) in [5.74, 6) is 0.355. The molecule has 1 N–H and O–H groups in total. The van der Waals surface area contributed by atoms with Crippen LogP contribution < -0.4 is 5.32 Å². The number of anilines is 1. The molecule has 1 aliphatic carbocycles. The van der Waals surface area contributed by atoms with Gasteiger partial charge in [-0.25, -0.2) is 0 Å². The van der Waals surface area contributed by atoms with E-state index in [9.17, 15) is 13.2 Å². The molecule has 1 aliphatic heterocycles. The topological polar surface area (TPSA) is 47.0 Å². The molecule has 2 fully saturated rings. The van der Waals surface area contributed by atoms with E-state index in [0.29, 0.717) is 17.3 Å². The molecular formula is C11H14F3N3OS. The number of hydrogen-bond donors (Lipinski definition) is 1. The van der Waals surface area contributed by atoms with Gasteiger partial charge in [-0.15, -0.1) is 10.2 Å². The number of rotatable bonds is 2. The molecule has 0 radical (unpaired) electrons. The van der Waals surface area contributed by atoms with Gasteiger partial charge in [-0.05, 0) is 6.42 Å². The zero-order valence-corrected chi connectivity index (χ0v) is 11.3.